The van der Waals surface area contributed by atoms with E-state index in [1.165, 1.54) is 0 Å². The second kappa shape index (κ2) is 8.49. The second-order valence-electron chi connectivity index (χ2n) is 6.34. The highest BCUT2D eigenvalue weighted by Gasteiger charge is 2.13. The summed E-state index contributed by atoms with van der Waals surface area (Å²) in [4.78, 5) is 14.1. The van der Waals surface area contributed by atoms with Gasteiger partial charge in [-0.05, 0) is 32.4 Å². The zero-order valence-corrected chi connectivity index (χ0v) is 16.1. The van der Waals surface area contributed by atoms with Crippen LogP contribution in [0.1, 0.15) is 26.3 Å². The average Bonchev–Trinajstić information content (AvgIpc) is 2.67. The van der Waals surface area contributed by atoms with Crippen molar-refractivity contribution in [3.05, 3.63) is 48.2 Å². The van der Waals surface area contributed by atoms with E-state index in [0.29, 0.717) is 12.6 Å². The quantitative estimate of drug-likeness (QED) is 0.494. The standard InChI is InChI=1S/C21H24N4O2/c1-5-27-23-13-15-8-6-7-9-17(15)18-10-16-12-22-21(24-14(2)3)25-19(16)11-20(18)26-4/h6-14H,5H2,1-4H3,(H,22,24,25). The first-order valence-corrected chi connectivity index (χ1v) is 8.98. The highest BCUT2D eigenvalue weighted by Crippen LogP contribution is 2.35. The highest BCUT2D eigenvalue weighted by molar-refractivity contribution is 5.95. The minimum absolute atomic E-state index is 0.264. The maximum Gasteiger partial charge on any atom is 0.223 e. The SMILES string of the molecule is CCON=Cc1ccccc1-c1cc2cnc(NC(C)C)nc2cc1OC. The smallest absolute Gasteiger partial charge is 0.223 e. The molecule has 0 amide bonds. The molecular formula is C21H24N4O2. The van der Waals surface area contributed by atoms with E-state index in [2.05, 4.69) is 34.3 Å². The van der Waals surface area contributed by atoms with Crippen molar-refractivity contribution in [3.8, 4) is 16.9 Å². The molecule has 3 aromatic rings. The Balaban J connectivity index is 2.09. The van der Waals surface area contributed by atoms with Gasteiger partial charge in [0.1, 0.15) is 12.4 Å². The first-order chi connectivity index (χ1) is 13.1. The number of methoxy groups -OCH3 is 1. The minimum Gasteiger partial charge on any atom is -0.496 e. The van der Waals surface area contributed by atoms with Crippen LogP contribution in [0, 0.1) is 0 Å². The topological polar surface area (TPSA) is 68.6 Å². The normalized spacial score (nSPS) is 11.3. The monoisotopic (exact) mass is 364 g/mol. The predicted octanol–water partition coefficient (Wildman–Crippen LogP) is 4.50. The van der Waals surface area contributed by atoms with E-state index in [1.807, 2.05) is 49.5 Å². The number of ether oxygens (including phenoxy) is 1. The first-order valence-electron chi connectivity index (χ1n) is 8.98. The largest absolute Gasteiger partial charge is 0.496 e. The van der Waals surface area contributed by atoms with Crippen molar-refractivity contribution in [2.45, 2.75) is 26.8 Å². The lowest BCUT2D eigenvalue weighted by atomic mass is 9.98. The maximum absolute atomic E-state index is 5.65. The molecule has 1 aromatic heterocycles. The molecule has 0 fully saturated rings. The Labute approximate surface area is 159 Å². The van der Waals surface area contributed by atoms with Crippen LogP contribution < -0.4 is 10.1 Å². The Bertz CT molecular complexity index is 954. The summed E-state index contributed by atoms with van der Waals surface area (Å²) in [6.45, 7) is 6.54. The molecule has 0 unspecified atom stereocenters. The second-order valence-corrected chi connectivity index (χ2v) is 6.34. The Morgan fingerprint density at radius 3 is 2.74 bits per heavy atom. The minimum atomic E-state index is 0.264. The molecule has 3 rings (SSSR count). The van der Waals surface area contributed by atoms with Crippen molar-refractivity contribution in [1.29, 1.82) is 0 Å². The van der Waals surface area contributed by atoms with Gasteiger partial charge in [-0.2, -0.15) is 0 Å². The van der Waals surface area contributed by atoms with Crippen LogP contribution in [0.25, 0.3) is 22.0 Å². The third kappa shape index (κ3) is 4.34. The van der Waals surface area contributed by atoms with Gasteiger partial charge in [0.15, 0.2) is 0 Å². The number of hydrogen-bond acceptors (Lipinski definition) is 6. The van der Waals surface area contributed by atoms with E-state index in [0.717, 1.165) is 33.3 Å². The lowest BCUT2D eigenvalue weighted by Gasteiger charge is -2.13. The summed E-state index contributed by atoms with van der Waals surface area (Å²) in [6, 6.07) is 12.2. The predicted molar refractivity (Wildman–Crippen MR) is 110 cm³/mol. The van der Waals surface area contributed by atoms with Gasteiger partial charge in [0.2, 0.25) is 5.95 Å². The van der Waals surface area contributed by atoms with Crippen molar-refractivity contribution in [3.63, 3.8) is 0 Å². The summed E-state index contributed by atoms with van der Waals surface area (Å²) in [5, 5.41) is 8.17. The summed E-state index contributed by atoms with van der Waals surface area (Å²) >= 11 is 0. The molecule has 0 bridgehead atoms. The molecule has 2 aromatic carbocycles. The molecule has 27 heavy (non-hydrogen) atoms. The van der Waals surface area contributed by atoms with Gasteiger partial charge >= 0.3 is 0 Å². The average molecular weight is 364 g/mol. The number of hydrogen-bond donors (Lipinski definition) is 1. The Morgan fingerprint density at radius 1 is 1.19 bits per heavy atom. The summed E-state index contributed by atoms with van der Waals surface area (Å²) in [5.74, 6) is 1.35. The van der Waals surface area contributed by atoms with Gasteiger partial charge in [0.25, 0.3) is 0 Å². The van der Waals surface area contributed by atoms with E-state index in [-0.39, 0.29) is 6.04 Å². The molecule has 0 radical (unpaired) electrons. The van der Waals surface area contributed by atoms with E-state index >= 15 is 0 Å². The van der Waals surface area contributed by atoms with Gasteiger partial charge in [0.05, 0.1) is 18.8 Å². The molecule has 0 aliphatic carbocycles. The Kier molecular flexibility index (Phi) is 5.86. The fraction of sp³-hybridized carbons (Fsp3) is 0.286. The summed E-state index contributed by atoms with van der Waals surface area (Å²) < 4.78 is 5.65. The zero-order chi connectivity index (χ0) is 19.2. The van der Waals surface area contributed by atoms with E-state index in [1.54, 1.807) is 13.3 Å². The molecule has 140 valence electrons. The number of benzene rings is 2. The molecule has 0 atom stereocenters. The number of nitrogens with one attached hydrogen (secondary N) is 1. The fourth-order valence-electron chi connectivity index (χ4n) is 2.79. The van der Waals surface area contributed by atoms with Crippen LogP contribution in [0.5, 0.6) is 5.75 Å². The third-order valence-corrected chi connectivity index (χ3v) is 3.97. The van der Waals surface area contributed by atoms with E-state index in [9.17, 15) is 0 Å². The van der Waals surface area contributed by atoms with Gasteiger partial charge in [0, 0.05) is 34.8 Å². The molecule has 0 aliphatic rings. The molecule has 0 saturated heterocycles. The van der Waals surface area contributed by atoms with E-state index < -0.39 is 0 Å². The van der Waals surface area contributed by atoms with Crippen molar-refractivity contribution in [2.24, 2.45) is 5.16 Å². The fourth-order valence-corrected chi connectivity index (χ4v) is 2.79. The number of anilines is 1. The van der Waals surface area contributed by atoms with Gasteiger partial charge in [-0.3, -0.25) is 0 Å². The van der Waals surface area contributed by atoms with E-state index in [4.69, 9.17) is 9.57 Å². The van der Waals surface area contributed by atoms with Crippen molar-refractivity contribution < 1.29 is 9.57 Å². The number of rotatable bonds is 7. The van der Waals surface area contributed by atoms with Gasteiger partial charge in [-0.15, -0.1) is 0 Å². The summed E-state index contributed by atoms with van der Waals surface area (Å²) in [6.07, 6.45) is 3.54. The zero-order valence-electron chi connectivity index (χ0n) is 16.1. The first kappa shape index (κ1) is 18.6. The number of nitrogens with zero attached hydrogens (tertiary/aromatic N) is 3. The highest BCUT2D eigenvalue weighted by atomic mass is 16.6. The third-order valence-electron chi connectivity index (χ3n) is 3.97. The molecule has 0 saturated carbocycles. The Hall–Kier alpha value is -3.15. The lowest BCUT2D eigenvalue weighted by molar-refractivity contribution is 0.160. The molecule has 0 spiro atoms. The molecule has 1 heterocycles. The summed E-state index contributed by atoms with van der Waals surface area (Å²) in [7, 11) is 1.66. The van der Waals surface area contributed by atoms with Crippen LogP contribution in [0.3, 0.4) is 0 Å². The van der Waals surface area contributed by atoms with Crippen LogP contribution in [-0.4, -0.2) is 35.9 Å². The number of oxime groups is 1. The molecule has 6 nitrogen and oxygen atoms in total. The lowest BCUT2D eigenvalue weighted by Crippen LogP contribution is -2.12. The summed E-state index contributed by atoms with van der Waals surface area (Å²) in [5.41, 5.74) is 3.73. The van der Waals surface area contributed by atoms with Crippen LogP contribution in [0.15, 0.2) is 47.8 Å². The molecular weight excluding hydrogens is 340 g/mol. The molecule has 1 N–H and O–H groups in total. The maximum atomic E-state index is 5.65. The Morgan fingerprint density at radius 2 is 2.00 bits per heavy atom. The van der Waals surface area contributed by atoms with Crippen LogP contribution in [-0.2, 0) is 4.84 Å². The van der Waals surface area contributed by atoms with Crippen molar-refractivity contribution in [1.82, 2.24) is 9.97 Å². The van der Waals surface area contributed by atoms with Crippen molar-refractivity contribution in [2.75, 3.05) is 19.0 Å². The number of fused-ring (bicyclic) bond motifs is 1. The van der Waals surface area contributed by atoms with Crippen LogP contribution in [0.4, 0.5) is 5.95 Å². The van der Waals surface area contributed by atoms with Crippen LogP contribution >= 0.6 is 0 Å². The van der Waals surface area contributed by atoms with Crippen molar-refractivity contribution >= 4 is 23.1 Å². The number of aromatic nitrogens is 2. The molecule has 6 heteroatoms. The van der Waals surface area contributed by atoms with Gasteiger partial charge < -0.3 is 14.9 Å². The van der Waals surface area contributed by atoms with Gasteiger partial charge in [-0.1, -0.05) is 29.4 Å². The molecule has 0 aliphatic heterocycles. The van der Waals surface area contributed by atoms with Crippen LogP contribution in [0.2, 0.25) is 0 Å². The van der Waals surface area contributed by atoms with Gasteiger partial charge in [-0.25, -0.2) is 9.97 Å².